The first-order chi connectivity index (χ1) is 24.6. The summed E-state index contributed by atoms with van der Waals surface area (Å²) >= 11 is 0. The van der Waals surface area contributed by atoms with E-state index in [4.69, 9.17) is 9.47 Å². The van der Waals surface area contributed by atoms with Crippen molar-refractivity contribution in [3.05, 3.63) is 183 Å². The Morgan fingerprint density at radius 1 is 0.400 bits per heavy atom. The van der Waals surface area contributed by atoms with Crippen LogP contribution in [0.3, 0.4) is 0 Å². The van der Waals surface area contributed by atoms with Crippen LogP contribution >= 0.6 is 0 Å². The van der Waals surface area contributed by atoms with Gasteiger partial charge in [-0.25, -0.2) is 9.59 Å². The summed E-state index contributed by atoms with van der Waals surface area (Å²) in [6.45, 7) is 7.09. The van der Waals surface area contributed by atoms with Crippen molar-refractivity contribution < 1.29 is 19.1 Å². The fourth-order valence-electron chi connectivity index (χ4n) is 6.16. The van der Waals surface area contributed by atoms with Gasteiger partial charge in [0.25, 0.3) is 0 Å². The van der Waals surface area contributed by atoms with Gasteiger partial charge in [0.1, 0.15) is 11.5 Å². The Morgan fingerprint density at radius 3 is 1.12 bits per heavy atom. The molecular formula is C44H32N2O4. The molecule has 0 saturated heterocycles. The summed E-state index contributed by atoms with van der Waals surface area (Å²) in [5, 5.41) is 3.46. The lowest BCUT2D eigenvalue weighted by molar-refractivity contribution is -0.129. The van der Waals surface area contributed by atoms with Gasteiger partial charge >= 0.3 is 11.9 Å². The zero-order valence-corrected chi connectivity index (χ0v) is 27.1. The molecule has 0 radical (unpaired) electrons. The average Bonchev–Trinajstić information content (AvgIpc) is 3.17. The number of anilines is 6. The monoisotopic (exact) mass is 652 g/mol. The number of ether oxygens (including phenoxy) is 2. The zero-order valence-electron chi connectivity index (χ0n) is 27.1. The highest BCUT2D eigenvalue weighted by atomic mass is 16.5. The van der Waals surface area contributed by atoms with Gasteiger partial charge in [-0.15, -0.1) is 0 Å². The summed E-state index contributed by atoms with van der Waals surface area (Å²) in [4.78, 5) is 28.7. The maximum Gasteiger partial charge on any atom is 0.335 e. The van der Waals surface area contributed by atoms with E-state index in [2.05, 4.69) is 83.6 Å². The molecule has 0 amide bonds. The number of hydrogen-bond acceptors (Lipinski definition) is 6. The Labute approximate surface area is 290 Å². The Bertz CT molecular complexity index is 2190. The van der Waals surface area contributed by atoms with Gasteiger partial charge in [-0.3, -0.25) is 0 Å². The van der Waals surface area contributed by atoms with Crippen molar-refractivity contribution in [2.24, 2.45) is 0 Å². The van der Waals surface area contributed by atoms with E-state index in [0.717, 1.165) is 67.8 Å². The van der Waals surface area contributed by atoms with Crippen molar-refractivity contribution in [1.82, 2.24) is 0 Å². The fourth-order valence-corrected chi connectivity index (χ4v) is 6.16. The first-order valence-electron chi connectivity index (χ1n) is 16.1. The highest BCUT2D eigenvalue weighted by Crippen LogP contribution is 2.44. The highest BCUT2D eigenvalue weighted by Gasteiger charge is 2.20. The van der Waals surface area contributed by atoms with Crippen molar-refractivity contribution in [1.29, 1.82) is 0 Å². The van der Waals surface area contributed by atoms with Gasteiger partial charge in [-0.05, 0) is 72.8 Å². The summed E-state index contributed by atoms with van der Waals surface area (Å²) in [6.07, 6.45) is 2.32. The van der Waals surface area contributed by atoms with E-state index in [1.54, 1.807) is 12.1 Å². The minimum absolute atomic E-state index is 0.466. The Balaban J connectivity index is 1.36. The molecule has 242 valence electrons. The van der Waals surface area contributed by atoms with E-state index in [1.165, 1.54) is 0 Å². The molecule has 0 N–H and O–H groups in total. The average molecular weight is 653 g/mol. The molecule has 7 aromatic rings. The second-order valence-corrected chi connectivity index (χ2v) is 11.4. The topological polar surface area (TPSA) is 59.1 Å². The number of carbonyl (C=O) groups excluding carboxylic acids is 2. The Hall–Kier alpha value is -6.92. The number of esters is 2. The van der Waals surface area contributed by atoms with E-state index in [1.807, 2.05) is 84.9 Å². The summed E-state index contributed by atoms with van der Waals surface area (Å²) in [5.41, 5.74) is 5.66. The predicted octanol–water partition coefficient (Wildman–Crippen LogP) is 11.1. The van der Waals surface area contributed by atoms with E-state index < -0.39 is 11.9 Å². The molecule has 6 nitrogen and oxygen atoms in total. The van der Waals surface area contributed by atoms with Gasteiger partial charge in [0.15, 0.2) is 0 Å². The molecule has 50 heavy (non-hydrogen) atoms. The molecule has 0 aliphatic rings. The first kappa shape index (κ1) is 31.7. The Kier molecular flexibility index (Phi) is 8.90. The van der Waals surface area contributed by atoms with Crippen molar-refractivity contribution in [3.63, 3.8) is 0 Å². The number of carbonyl (C=O) groups is 2. The summed E-state index contributed by atoms with van der Waals surface area (Å²) in [6, 6.07) is 52.0. The molecule has 0 aliphatic carbocycles. The van der Waals surface area contributed by atoms with Crippen molar-refractivity contribution in [2.75, 3.05) is 9.80 Å². The van der Waals surface area contributed by atoms with Gasteiger partial charge < -0.3 is 19.3 Å². The van der Waals surface area contributed by atoms with Crippen molar-refractivity contribution in [2.45, 2.75) is 0 Å². The summed E-state index contributed by atoms with van der Waals surface area (Å²) in [5.74, 6) is -0.0922. The van der Waals surface area contributed by atoms with E-state index >= 15 is 0 Å². The molecule has 0 spiro atoms. The molecule has 0 aliphatic heterocycles. The maximum atomic E-state index is 12.1. The predicted molar refractivity (Wildman–Crippen MR) is 202 cm³/mol. The lowest BCUT2D eigenvalue weighted by Crippen LogP contribution is -2.13. The summed E-state index contributed by atoms with van der Waals surface area (Å²) < 4.78 is 11.2. The largest absolute Gasteiger partial charge is 0.423 e. The molecule has 0 fully saturated rings. The smallest absolute Gasteiger partial charge is 0.335 e. The summed E-state index contributed by atoms with van der Waals surface area (Å²) in [7, 11) is 0. The van der Waals surface area contributed by atoms with Crippen LogP contribution in [0.4, 0.5) is 34.1 Å². The molecule has 7 rings (SSSR count). The Morgan fingerprint density at radius 2 is 0.740 bits per heavy atom. The van der Waals surface area contributed by atoms with Gasteiger partial charge in [0, 0.05) is 56.4 Å². The van der Waals surface area contributed by atoms with Crippen LogP contribution in [-0.4, -0.2) is 11.9 Å². The molecule has 7 aromatic carbocycles. The molecule has 0 heterocycles. The molecule has 6 heteroatoms. The second-order valence-electron chi connectivity index (χ2n) is 11.4. The maximum absolute atomic E-state index is 12.1. The minimum atomic E-state index is -0.512. The van der Waals surface area contributed by atoms with Gasteiger partial charge in [-0.1, -0.05) is 98.1 Å². The molecule has 0 unspecified atom stereocenters. The lowest BCUT2D eigenvalue weighted by atomic mass is 10.0. The number of nitrogens with zero attached hydrogens (tertiary/aromatic N) is 2. The third-order valence-electron chi connectivity index (χ3n) is 8.35. The molecule has 0 aromatic heterocycles. The van der Waals surface area contributed by atoms with Crippen LogP contribution in [-0.2, 0) is 9.59 Å². The standard InChI is InChI=1S/C44H32N2O4/c1-3-43(47)49-41-25-13-19-35-37(41)21-11-23-39(35)45(31-15-7-5-8-16-31)33-27-29-34(30-28-33)46(32-17-9-6-10-18-32)40-24-12-22-38-36(40)20-14-26-42(38)50-44(48)4-2/h3-30H,1-2H2. The first-order valence-corrected chi connectivity index (χ1v) is 16.1. The van der Waals surface area contributed by atoms with Crippen molar-refractivity contribution >= 4 is 67.6 Å². The molecule has 0 atom stereocenters. The van der Waals surface area contributed by atoms with Crippen LogP contribution in [0, 0.1) is 0 Å². The number of rotatable bonds is 10. The minimum Gasteiger partial charge on any atom is -0.423 e. The number of benzene rings is 7. The number of fused-ring (bicyclic) bond motifs is 2. The second kappa shape index (κ2) is 14.1. The zero-order chi connectivity index (χ0) is 34.5. The third kappa shape index (κ3) is 6.21. The van der Waals surface area contributed by atoms with Crippen LogP contribution in [0.1, 0.15) is 0 Å². The van der Waals surface area contributed by atoms with E-state index in [-0.39, 0.29) is 0 Å². The number of para-hydroxylation sites is 2. The molecular weight excluding hydrogens is 620 g/mol. The van der Waals surface area contributed by atoms with Crippen molar-refractivity contribution in [3.8, 4) is 11.5 Å². The number of hydrogen-bond donors (Lipinski definition) is 0. The normalized spacial score (nSPS) is 10.7. The van der Waals surface area contributed by atoms with E-state index in [9.17, 15) is 9.59 Å². The van der Waals surface area contributed by atoms with Crippen LogP contribution in [0.5, 0.6) is 11.5 Å². The van der Waals surface area contributed by atoms with E-state index in [0.29, 0.717) is 11.5 Å². The lowest BCUT2D eigenvalue weighted by Gasteiger charge is -2.29. The fraction of sp³-hybridized carbons (Fsp3) is 0. The van der Waals surface area contributed by atoms with Crippen LogP contribution < -0.4 is 19.3 Å². The molecule has 0 saturated carbocycles. The quantitative estimate of drug-likeness (QED) is 0.0832. The SMILES string of the molecule is C=CC(=O)Oc1cccc2c(N(c3ccccc3)c3ccc(N(c4ccccc4)c4cccc5c(OC(=O)C=C)cccc45)cc3)cccc12. The highest BCUT2D eigenvalue weighted by molar-refractivity contribution is 6.04. The van der Waals surface area contributed by atoms with Crippen LogP contribution in [0.2, 0.25) is 0 Å². The molecule has 0 bridgehead atoms. The van der Waals surface area contributed by atoms with Crippen LogP contribution in [0.15, 0.2) is 183 Å². The van der Waals surface area contributed by atoms with Gasteiger partial charge in [0.05, 0.1) is 11.4 Å². The van der Waals surface area contributed by atoms with Crippen LogP contribution in [0.25, 0.3) is 21.5 Å². The third-order valence-corrected chi connectivity index (χ3v) is 8.35. The van der Waals surface area contributed by atoms with Gasteiger partial charge in [-0.2, -0.15) is 0 Å². The van der Waals surface area contributed by atoms with Gasteiger partial charge in [0.2, 0.25) is 0 Å².